The zero-order chi connectivity index (χ0) is 19.3. The normalized spacial score (nSPS) is 23.4. The molecule has 0 bridgehead atoms. The molecule has 1 atom stereocenters. The van der Waals surface area contributed by atoms with Crippen LogP contribution in [0.3, 0.4) is 0 Å². The molecule has 6 heteroatoms. The molecule has 0 radical (unpaired) electrons. The molecule has 6 nitrogen and oxygen atoms in total. The molecule has 2 N–H and O–H groups in total. The van der Waals surface area contributed by atoms with Gasteiger partial charge in [-0.2, -0.15) is 0 Å². The minimum absolute atomic E-state index is 0.0571. The first kappa shape index (κ1) is 19.5. The van der Waals surface area contributed by atoms with E-state index in [2.05, 4.69) is 36.3 Å². The summed E-state index contributed by atoms with van der Waals surface area (Å²) in [5.41, 5.74) is -0.345. The van der Waals surface area contributed by atoms with Crippen LogP contribution in [0.4, 0.5) is 0 Å². The lowest BCUT2D eigenvalue weighted by molar-refractivity contribution is -0.119. The molecule has 0 aliphatic carbocycles. The molecule has 0 saturated carbocycles. The van der Waals surface area contributed by atoms with Crippen molar-refractivity contribution in [3.05, 3.63) is 30.3 Å². The molecule has 1 unspecified atom stereocenters. The fraction of sp³-hybridized carbons (Fsp3) is 0.619. The first-order valence-corrected chi connectivity index (χ1v) is 9.95. The number of rotatable bonds is 5. The Bertz CT molecular complexity index is 674. The summed E-state index contributed by atoms with van der Waals surface area (Å²) in [5.74, 6) is 1.95. The third-order valence-electron chi connectivity index (χ3n) is 5.24. The maximum Gasteiger partial charge on any atom is 0.220 e. The fourth-order valence-electron chi connectivity index (χ4n) is 3.96. The number of aliphatic imine (C=N–C) groups is 1. The third-order valence-corrected chi connectivity index (χ3v) is 5.24. The van der Waals surface area contributed by atoms with Crippen LogP contribution in [0.25, 0.3) is 0 Å². The van der Waals surface area contributed by atoms with Crippen molar-refractivity contribution in [2.45, 2.75) is 45.6 Å². The number of piperidine rings is 1. The van der Waals surface area contributed by atoms with E-state index in [0.29, 0.717) is 13.0 Å². The predicted molar refractivity (Wildman–Crippen MR) is 108 cm³/mol. The van der Waals surface area contributed by atoms with Gasteiger partial charge in [0.25, 0.3) is 0 Å². The molecule has 1 aromatic rings. The summed E-state index contributed by atoms with van der Waals surface area (Å²) in [5, 5.41) is 6.43. The van der Waals surface area contributed by atoms with Gasteiger partial charge in [0.15, 0.2) is 5.96 Å². The van der Waals surface area contributed by atoms with Crippen molar-refractivity contribution >= 4 is 11.9 Å². The lowest BCUT2D eigenvalue weighted by Crippen LogP contribution is -2.51. The minimum atomic E-state index is -0.402. The number of hydrogen-bond acceptors (Lipinski definition) is 3. The van der Waals surface area contributed by atoms with Crippen LogP contribution in [0.15, 0.2) is 35.3 Å². The Hall–Kier alpha value is -2.24. The van der Waals surface area contributed by atoms with Crippen LogP contribution in [0.2, 0.25) is 0 Å². The van der Waals surface area contributed by atoms with Crippen molar-refractivity contribution in [1.29, 1.82) is 0 Å². The molecule has 1 amide bonds. The number of para-hydroxylation sites is 1. The van der Waals surface area contributed by atoms with Crippen molar-refractivity contribution in [2.75, 3.05) is 32.7 Å². The Kier molecular flexibility index (Phi) is 5.92. The van der Waals surface area contributed by atoms with E-state index in [1.807, 2.05) is 30.3 Å². The van der Waals surface area contributed by atoms with Gasteiger partial charge < -0.3 is 20.3 Å². The number of amides is 1. The second kappa shape index (κ2) is 8.19. The van der Waals surface area contributed by atoms with E-state index in [-0.39, 0.29) is 11.3 Å². The van der Waals surface area contributed by atoms with E-state index in [1.54, 1.807) is 0 Å². The van der Waals surface area contributed by atoms with Crippen LogP contribution >= 0.6 is 0 Å². The van der Waals surface area contributed by atoms with Crippen molar-refractivity contribution < 1.29 is 9.53 Å². The number of nitrogens with zero attached hydrogens (tertiary/aromatic N) is 2. The molecule has 1 aromatic carbocycles. The Morgan fingerprint density at radius 2 is 2.15 bits per heavy atom. The summed E-state index contributed by atoms with van der Waals surface area (Å²) in [6, 6.07) is 9.87. The maximum absolute atomic E-state index is 11.8. The molecular formula is C21H32N4O2. The Morgan fingerprint density at radius 3 is 2.81 bits per heavy atom. The van der Waals surface area contributed by atoms with Gasteiger partial charge in [-0.25, -0.2) is 4.99 Å². The highest BCUT2D eigenvalue weighted by atomic mass is 16.5. The van der Waals surface area contributed by atoms with Gasteiger partial charge in [-0.3, -0.25) is 4.79 Å². The number of carbonyl (C=O) groups excluding carboxylic acids is 1. The molecule has 2 aliphatic rings. The molecule has 1 spiro atoms. The van der Waals surface area contributed by atoms with Gasteiger partial charge in [0.1, 0.15) is 11.4 Å². The SMILES string of the molecule is CCNC(=NCC(C)(C)Oc1ccccc1)N1CCCC2(CNC(=O)C2)C1. The highest BCUT2D eigenvalue weighted by molar-refractivity contribution is 5.81. The second-order valence-corrected chi connectivity index (χ2v) is 8.32. The Morgan fingerprint density at radius 1 is 1.37 bits per heavy atom. The van der Waals surface area contributed by atoms with E-state index < -0.39 is 5.60 Å². The van der Waals surface area contributed by atoms with Crippen LogP contribution in [0, 0.1) is 5.41 Å². The number of likely N-dealkylation sites (tertiary alicyclic amines) is 1. The van der Waals surface area contributed by atoms with E-state index in [0.717, 1.165) is 50.7 Å². The molecular weight excluding hydrogens is 340 g/mol. The molecule has 148 valence electrons. The lowest BCUT2D eigenvalue weighted by Gasteiger charge is -2.41. The van der Waals surface area contributed by atoms with Gasteiger partial charge in [0, 0.05) is 38.0 Å². The highest BCUT2D eigenvalue weighted by Gasteiger charge is 2.42. The Balaban J connectivity index is 1.67. The van der Waals surface area contributed by atoms with Crippen LogP contribution in [-0.4, -0.2) is 55.1 Å². The van der Waals surface area contributed by atoms with E-state index in [4.69, 9.17) is 9.73 Å². The van der Waals surface area contributed by atoms with Crippen molar-refractivity contribution in [3.8, 4) is 5.75 Å². The number of ether oxygens (including phenoxy) is 1. The van der Waals surface area contributed by atoms with Crippen LogP contribution in [-0.2, 0) is 4.79 Å². The molecule has 2 saturated heterocycles. The minimum Gasteiger partial charge on any atom is -0.486 e. The first-order valence-electron chi connectivity index (χ1n) is 9.95. The fourth-order valence-corrected chi connectivity index (χ4v) is 3.96. The smallest absolute Gasteiger partial charge is 0.220 e. The standard InChI is InChI=1S/C21H32N4O2/c1-4-22-19(24-14-20(2,3)27-17-9-6-5-7-10-17)25-12-8-11-21(16-25)13-18(26)23-15-21/h5-7,9-10H,4,8,11-16H2,1-3H3,(H,22,24)(H,23,26). The average Bonchev–Trinajstić information content (AvgIpc) is 2.99. The van der Waals surface area contributed by atoms with Crippen LogP contribution in [0.5, 0.6) is 5.75 Å². The number of carbonyl (C=O) groups is 1. The second-order valence-electron chi connectivity index (χ2n) is 8.32. The van der Waals surface area contributed by atoms with Gasteiger partial charge in [-0.15, -0.1) is 0 Å². The van der Waals surface area contributed by atoms with E-state index in [9.17, 15) is 4.79 Å². The number of benzene rings is 1. The molecule has 2 heterocycles. The highest BCUT2D eigenvalue weighted by Crippen LogP contribution is 2.36. The van der Waals surface area contributed by atoms with Crippen molar-refractivity contribution in [2.24, 2.45) is 10.4 Å². The van der Waals surface area contributed by atoms with Crippen LogP contribution < -0.4 is 15.4 Å². The summed E-state index contributed by atoms with van der Waals surface area (Å²) in [6.45, 7) is 10.2. The summed E-state index contributed by atoms with van der Waals surface area (Å²) >= 11 is 0. The predicted octanol–water partition coefficient (Wildman–Crippen LogP) is 2.41. The quantitative estimate of drug-likeness (QED) is 0.615. The molecule has 0 aromatic heterocycles. The van der Waals surface area contributed by atoms with Gasteiger partial charge in [0.2, 0.25) is 5.91 Å². The lowest BCUT2D eigenvalue weighted by atomic mass is 9.79. The number of guanidine groups is 1. The van der Waals surface area contributed by atoms with Crippen LogP contribution in [0.1, 0.15) is 40.0 Å². The first-order chi connectivity index (χ1) is 12.9. The third kappa shape index (κ3) is 5.15. The van der Waals surface area contributed by atoms with E-state index >= 15 is 0 Å². The van der Waals surface area contributed by atoms with Gasteiger partial charge in [0.05, 0.1) is 6.54 Å². The molecule has 2 aliphatic heterocycles. The summed E-state index contributed by atoms with van der Waals surface area (Å²) < 4.78 is 6.12. The van der Waals surface area contributed by atoms with Gasteiger partial charge in [-0.1, -0.05) is 18.2 Å². The zero-order valence-corrected chi connectivity index (χ0v) is 16.8. The maximum atomic E-state index is 11.8. The topological polar surface area (TPSA) is 66.0 Å². The van der Waals surface area contributed by atoms with Crippen molar-refractivity contribution in [1.82, 2.24) is 15.5 Å². The number of hydrogen-bond donors (Lipinski definition) is 2. The number of nitrogens with one attached hydrogen (secondary N) is 2. The molecule has 27 heavy (non-hydrogen) atoms. The van der Waals surface area contributed by atoms with E-state index in [1.165, 1.54) is 0 Å². The van der Waals surface area contributed by atoms with Gasteiger partial charge >= 0.3 is 0 Å². The average molecular weight is 373 g/mol. The summed E-state index contributed by atoms with van der Waals surface area (Å²) in [6.07, 6.45) is 2.82. The summed E-state index contributed by atoms with van der Waals surface area (Å²) in [7, 11) is 0. The zero-order valence-electron chi connectivity index (χ0n) is 16.8. The molecule has 2 fully saturated rings. The largest absolute Gasteiger partial charge is 0.486 e. The van der Waals surface area contributed by atoms with Gasteiger partial charge in [-0.05, 0) is 45.7 Å². The molecule has 3 rings (SSSR count). The Labute approximate surface area is 162 Å². The summed E-state index contributed by atoms with van der Waals surface area (Å²) in [4.78, 5) is 18.9. The monoisotopic (exact) mass is 372 g/mol. The van der Waals surface area contributed by atoms with Crippen molar-refractivity contribution in [3.63, 3.8) is 0 Å².